The molecule has 1 amide bonds. The number of hydrogen-bond acceptors (Lipinski definition) is 10. The summed E-state index contributed by atoms with van der Waals surface area (Å²) in [5.74, 6) is -0.821. The van der Waals surface area contributed by atoms with E-state index in [-0.39, 0.29) is 6.42 Å². The summed E-state index contributed by atoms with van der Waals surface area (Å²) in [6, 6.07) is 5.94. The van der Waals surface area contributed by atoms with E-state index in [4.69, 9.17) is 14.2 Å². The molecule has 1 aromatic rings. The SMILES string of the molecule is COC(=O)[C@@]1(Sc2ccc(C)cc2)C[C@H](O)[C@@H](NC(=O)OC(C)(C)C)[C@H]([C@H](O)[C@H](O)CO)O1. The first-order valence-electron chi connectivity index (χ1n) is 10.5. The van der Waals surface area contributed by atoms with Gasteiger partial charge in [-0.15, -0.1) is 0 Å². The quantitative estimate of drug-likeness (QED) is 0.347. The van der Waals surface area contributed by atoms with Gasteiger partial charge in [-0.1, -0.05) is 29.5 Å². The number of thioether (sulfide) groups is 1. The van der Waals surface area contributed by atoms with Crippen molar-refractivity contribution in [3.8, 4) is 0 Å². The summed E-state index contributed by atoms with van der Waals surface area (Å²) >= 11 is 0.973. The molecule has 0 aliphatic carbocycles. The lowest BCUT2D eigenvalue weighted by molar-refractivity contribution is -0.206. The second kappa shape index (κ2) is 11.0. The lowest BCUT2D eigenvalue weighted by atomic mass is 9.90. The van der Waals surface area contributed by atoms with Crippen LogP contribution in [0.5, 0.6) is 0 Å². The van der Waals surface area contributed by atoms with Crippen LogP contribution in [-0.4, -0.2) is 87.2 Å². The average molecular weight is 488 g/mol. The van der Waals surface area contributed by atoms with E-state index in [0.29, 0.717) is 4.90 Å². The average Bonchev–Trinajstić information content (AvgIpc) is 2.74. The summed E-state index contributed by atoms with van der Waals surface area (Å²) < 4.78 is 16.2. The zero-order valence-corrected chi connectivity index (χ0v) is 20.2. The van der Waals surface area contributed by atoms with Gasteiger partial charge in [-0.3, -0.25) is 0 Å². The molecular weight excluding hydrogens is 454 g/mol. The number of esters is 1. The maximum absolute atomic E-state index is 12.8. The largest absolute Gasteiger partial charge is 0.466 e. The van der Waals surface area contributed by atoms with E-state index in [1.165, 1.54) is 0 Å². The second-order valence-corrected chi connectivity index (χ2v) is 10.3. The standard InChI is InChI=1S/C22H33NO9S/c1-12-6-8-13(9-7-12)33-22(19(28)30-5)10-14(25)16(23-20(29)32-21(2,3)4)18(31-22)17(27)15(26)11-24/h6-9,14-18,24-27H,10-11H2,1-5H3,(H,23,29)/t14-,15+,16+,17+,18+,22-/m0/s1. The number of amides is 1. The molecule has 0 spiro atoms. The molecule has 2 rings (SSSR count). The number of rotatable bonds is 7. The summed E-state index contributed by atoms with van der Waals surface area (Å²) in [6.45, 7) is 6.06. The molecule has 10 nitrogen and oxygen atoms in total. The molecule has 0 unspecified atom stereocenters. The second-order valence-electron chi connectivity index (χ2n) is 8.93. The van der Waals surface area contributed by atoms with E-state index in [1.54, 1.807) is 32.9 Å². The lowest BCUT2D eigenvalue weighted by Crippen LogP contribution is -2.66. The minimum Gasteiger partial charge on any atom is -0.466 e. The van der Waals surface area contributed by atoms with Gasteiger partial charge < -0.3 is 40.0 Å². The molecule has 1 saturated heterocycles. The van der Waals surface area contributed by atoms with Gasteiger partial charge in [0, 0.05) is 11.3 Å². The van der Waals surface area contributed by atoms with E-state index in [9.17, 15) is 30.0 Å². The van der Waals surface area contributed by atoms with Crippen molar-refractivity contribution in [1.82, 2.24) is 5.32 Å². The molecule has 0 bridgehead atoms. The van der Waals surface area contributed by atoms with Crippen LogP contribution in [0.25, 0.3) is 0 Å². The molecule has 1 aliphatic rings. The smallest absolute Gasteiger partial charge is 0.408 e. The molecule has 186 valence electrons. The van der Waals surface area contributed by atoms with Crippen LogP contribution in [-0.2, 0) is 19.0 Å². The van der Waals surface area contributed by atoms with Gasteiger partial charge in [0.05, 0.1) is 25.9 Å². The maximum atomic E-state index is 12.8. The number of aliphatic hydroxyl groups excluding tert-OH is 4. The fourth-order valence-corrected chi connectivity index (χ4v) is 4.62. The minimum atomic E-state index is -1.80. The zero-order valence-electron chi connectivity index (χ0n) is 19.3. The van der Waals surface area contributed by atoms with Gasteiger partial charge in [-0.2, -0.15) is 0 Å². The van der Waals surface area contributed by atoms with Crippen molar-refractivity contribution in [2.24, 2.45) is 0 Å². The highest BCUT2D eigenvalue weighted by atomic mass is 32.2. The van der Waals surface area contributed by atoms with E-state index in [2.05, 4.69) is 5.32 Å². The molecule has 1 aromatic carbocycles. The van der Waals surface area contributed by atoms with Gasteiger partial charge in [0.15, 0.2) is 0 Å². The number of carbonyl (C=O) groups is 2. The van der Waals surface area contributed by atoms with E-state index < -0.39 is 59.7 Å². The van der Waals surface area contributed by atoms with E-state index in [0.717, 1.165) is 24.4 Å². The van der Waals surface area contributed by atoms with Crippen molar-refractivity contribution in [2.75, 3.05) is 13.7 Å². The van der Waals surface area contributed by atoms with Crippen LogP contribution in [0.2, 0.25) is 0 Å². The highest BCUT2D eigenvalue weighted by molar-refractivity contribution is 8.01. The Balaban J connectivity index is 2.42. The molecule has 1 fully saturated rings. The van der Waals surface area contributed by atoms with Crippen LogP contribution < -0.4 is 5.32 Å². The Labute approximate surface area is 197 Å². The molecule has 5 N–H and O–H groups in total. The van der Waals surface area contributed by atoms with Crippen molar-refractivity contribution in [3.63, 3.8) is 0 Å². The maximum Gasteiger partial charge on any atom is 0.408 e. The highest BCUT2D eigenvalue weighted by Crippen LogP contribution is 2.44. The number of carbonyl (C=O) groups excluding carboxylic acids is 2. The highest BCUT2D eigenvalue weighted by Gasteiger charge is 2.56. The molecule has 1 heterocycles. The third-order valence-electron chi connectivity index (χ3n) is 4.97. The third-order valence-corrected chi connectivity index (χ3v) is 6.24. The Bertz CT molecular complexity index is 813. The van der Waals surface area contributed by atoms with Gasteiger partial charge in [-0.05, 0) is 39.8 Å². The number of aliphatic hydroxyl groups is 4. The number of hydrogen-bond donors (Lipinski definition) is 5. The summed E-state index contributed by atoms with van der Waals surface area (Å²) in [6.07, 6.45) is -7.48. The first kappa shape index (κ1) is 27.4. The van der Waals surface area contributed by atoms with E-state index >= 15 is 0 Å². The third kappa shape index (κ3) is 7.05. The minimum absolute atomic E-state index is 0.295. The first-order valence-corrected chi connectivity index (χ1v) is 11.3. The Morgan fingerprint density at radius 1 is 1.27 bits per heavy atom. The van der Waals surface area contributed by atoms with Gasteiger partial charge in [0.1, 0.15) is 23.9 Å². The molecular formula is C22H33NO9S. The van der Waals surface area contributed by atoms with Crippen molar-refractivity contribution in [3.05, 3.63) is 29.8 Å². The Morgan fingerprint density at radius 3 is 2.39 bits per heavy atom. The van der Waals surface area contributed by atoms with Crippen LogP contribution in [0, 0.1) is 6.92 Å². The normalized spacial score (nSPS) is 27.4. The van der Waals surface area contributed by atoms with E-state index in [1.807, 2.05) is 19.1 Å². The zero-order chi connectivity index (χ0) is 25.0. The van der Waals surface area contributed by atoms with Crippen LogP contribution in [0.15, 0.2) is 29.2 Å². The van der Waals surface area contributed by atoms with Crippen LogP contribution in [0.1, 0.15) is 32.8 Å². The number of nitrogens with one attached hydrogen (secondary N) is 1. The number of ether oxygens (including phenoxy) is 3. The Hall–Kier alpha value is -1.89. The molecule has 0 radical (unpaired) electrons. The molecule has 11 heteroatoms. The van der Waals surface area contributed by atoms with Gasteiger partial charge in [0.2, 0.25) is 4.93 Å². The number of methoxy groups -OCH3 is 1. The fraction of sp³-hybridized carbons (Fsp3) is 0.636. The number of benzene rings is 1. The molecule has 6 atom stereocenters. The van der Waals surface area contributed by atoms with Crippen LogP contribution >= 0.6 is 11.8 Å². The van der Waals surface area contributed by atoms with Crippen molar-refractivity contribution >= 4 is 23.8 Å². The van der Waals surface area contributed by atoms with Crippen molar-refractivity contribution in [2.45, 2.75) is 80.0 Å². The molecule has 1 aliphatic heterocycles. The summed E-state index contributed by atoms with van der Waals surface area (Å²) in [5, 5.41) is 43.5. The topological polar surface area (TPSA) is 155 Å². The first-order chi connectivity index (χ1) is 15.3. The number of aryl methyl sites for hydroxylation is 1. The Kier molecular flexibility index (Phi) is 9.14. The van der Waals surface area contributed by atoms with Crippen LogP contribution in [0.4, 0.5) is 4.79 Å². The predicted octanol–water partition coefficient (Wildman–Crippen LogP) is 0.714. The van der Waals surface area contributed by atoms with Gasteiger partial charge in [0.25, 0.3) is 0 Å². The molecule has 33 heavy (non-hydrogen) atoms. The Morgan fingerprint density at radius 2 is 1.88 bits per heavy atom. The number of alkyl carbamates (subject to hydrolysis) is 1. The van der Waals surface area contributed by atoms with Crippen molar-refractivity contribution in [1.29, 1.82) is 0 Å². The van der Waals surface area contributed by atoms with Crippen LogP contribution in [0.3, 0.4) is 0 Å². The molecule has 0 saturated carbocycles. The van der Waals surface area contributed by atoms with Crippen molar-refractivity contribution < 1.29 is 44.2 Å². The predicted molar refractivity (Wildman–Crippen MR) is 120 cm³/mol. The summed E-state index contributed by atoms with van der Waals surface area (Å²) in [5.41, 5.74) is 0.164. The van der Waals surface area contributed by atoms with Gasteiger partial charge >= 0.3 is 12.1 Å². The fourth-order valence-electron chi connectivity index (χ4n) is 3.38. The summed E-state index contributed by atoms with van der Waals surface area (Å²) in [7, 11) is 1.16. The molecule has 0 aromatic heterocycles. The van der Waals surface area contributed by atoms with Gasteiger partial charge in [-0.25, -0.2) is 9.59 Å². The monoisotopic (exact) mass is 487 g/mol. The summed E-state index contributed by atoms with van der Waals surface area (Å²) in [4.78, 5) is 24.0. The lowest BCUT2D eigenvalue weighted by Gasteiger charge is -2.47.